The van der Waals surface area contributed by atoms with Crippen LogP contribution in [0.5, 0.6) is 0 Å². The molecule has 0 unspecified atom stereocenters. The van der Waals surface area contributed by atoms with Crippen LogP contribution >= 0.6 is 11.3 Å². The standard InChI is InChI=1S/C21H21N3O4S/c1-4-28-21(27)17-13(2)18(19(26)22-3)29-20(17)23-16(25)12-24-10-9-14-7-5-6-8-15(14)11-24/h5-11H,4,12H2,1-3H3,(H-,22,23,25,26,27)/p+1. The predicted octanol–water partition coefficient (Wildman–Crippen LogP) is 2.67. The third-order valence-corrected chi connectivity index (χ3v) is 5.59. The van der Waals surface area contributed by atoms with E-state index in [0.717, 1.165) is 22.1 Å². The number of carbonyl (C=O) groups excluding carboxylic acids is 3. The van der Waals surface area contributed by atoms with Gasteiger partial charge < -0.3 is 15.4 Å². The quantitative estimate of drug-likeness (QED) is 0.481. The predicted molar refractivity (Wildman–Crippen MR) is 111 cm³/mol. The number of amides is 2. The Bertz CT molecular complexity index is 1090. The molecule has 2 N–H and O–H groups in total. The van der Waals surface area contributed by atoms with Gasteiger partial charge in [-0.05, 0) is 30.9 Å². The lowest BCUT2D eigenvalue weighted by Crippen LogP contribution is -2.39. The summed E-state index contributed by atoms with van der Waals surface area (Å²) in [4.78, 5) is 37.5. The molecule has 0 bridgehead atoms. The Hall–Kier alpha value is -3.26. The number of pyridine rings is 1. The van der Waals surface area contributed by atoms with Gasteiger partial charge in [0.15, 0.2) is 12.4 Å². The number of anilines is 1. The monoisotopic (exact) mass is 412 g/mol. The first-order valence-electron chi connectivity index (χ1n) is 9.14. The highest BCUT2D eigenvalue weighted by molar-refractivity contribution is 7.18. The number of fused-ring (bicyclic) bond motifs is 1. The minimum Gasteiger partial charge on any atom is -0.462 e. The van der Waals surface area contributed by atoms with E-state index in [-0.39, 0.29) is 30.5 Å². The molecular formula is C21H22N3O4S+. The Morgan fingerprint density at radius 3 is 2.55 bits per heavy atom. The SMILES string of the molecule is CCOC(=O)c1c(NC(=O)C[n+]2ccc3ccccc3c2)sc(C(=O)NC)c1C. The van der Waals surface area contributed by atoms with Crippen molar-refractivity contribution in [3.8, 4) is 0 Å². The lowest BCUT2D eigenvalue weighted by molar-refractivity contribution is -0.682. The topological polar surface area (TPSA) is 88.4 Å². The van der Waals surface area contributed by atoms with Gasteiger partial charge in [0, 0.05) is 18.5 Å². The van der Waals surface area contributed by atoms with Crippen molar-refractivity contribution in [2.45, 2.75) is 20.4 Å². The van der Waals surface area contributed by atoms with Gasteiger partial charge in [0.25, 0.3) is 11.8 Å². The molecule has 0 atom stereocenters. The van der Waals surface area contributed by atoms with Crippen LogP contribution in [-0.4, -0.2) is 31.4 Å². The summed E-state index contributed by atoms with van der Waals surface area (Å²) in [5, 5.41) is 7.72. The molecule has 8 heteroatoms. The number of hydrogen-bond acceptors (Lipinski definition) is 5. The lowest BCUT2D eigenvalue weighted by atomic mass is 10.1. The van der Waals surface area contributed by atoms with E-state index in [0.29, 0.717) is 15.4 Å². The summed E-state index contributed by atoms with van der Waals surface area (Å²) in [6.45, 7) is 3.64. The number of thiophene rings is 1. The van der Waals surface area contributed by atoms with E-state index in [1.165, 1.54) is 7.05 Å². The zero-order chi connectivity index (χ0) is 21.0. The molecule has 2 heterocycles. The molecule has 0 radical (unpaired) electrons. The molecule has 150 valence electrons. The molecule has 0 spiro atoms. The Kier molecular flexibility index (Phi) is 6.23. The summed E-state index contributed by atoms with van der Waals surface area (Å²) in [5.74, 6) is -1.19. The molecule has 2 aromatic heterocycles. The highest BCUT2D eigenvalue weighted by Crippen LogP contribution is 2.33. The van der Waals surface area contributed by atoms with Crippen LogP contribution in [0, 0.1) is 6.92 Å². The van der Waals surface area contributed by atoms with Gasteiger partial charge in [-0.25, -0.2) is 4.79 Å². The second-order valence-electron chi connectivity index (χ2n) is 6.35. The molecule has 7 nitrogen and oxygen atoms in total. The molecule has 3 rings (SSSR count). The molecule has 0 saturated carbocycles. The Balaban J connectivity index is 1.86. The highest BCUT2D eigenvalue weighted by atomic mass is 32.1. The first kappa shape index (κ1) is 20.5. The second-order valence-corrected chi connectivity index (χ2v) is 7.37. The fourth-order valence-corrected chi connectivity index (χ4v) is 4.15. The molecule has 1 aromatic carbocycles. The van der Waals surface area contributed by atoms with Gasteiger partial charge in [0.2, 0.25) is 6.54 Å². The molecule has 0 fully saturated rings. The first-order valence-corrected chi connectivity index (χ1v) is 9.96. The van der Waals surface area contributed by atoms with Crippen LogP contribution in [0.2, 0.25) is 0 Å². The number of esters is 1. The third-order valence-electron chi connectivity index (χ3n) is 4.39. The summed E-state index contributed by atoms with van der Waals surface area (Å²) in [6.07, 6.45) is 3.71. The van der Waals surface area contributed by atoms with Crippen molar-refractivity contribution in [1.82, 2.24) is 5.32 Å². The van der Waals surface area contributed by atoms with Crippen molar-refractivity contribution in [3.05, 3.63) is 58.7 Å². The van der Waals surface area contributed by atoms with Crippen molar-refractivity contribution in [2.24, 2.45) is 0 Å². The van der Waals surface area contributed by atoms with E-state index < -0.39 is 5.97 Å². The van der Waals surface area contributed by atoms with Crippen LogP contribution in [0.3, 0.4) is 0 Å². The third kappa shape index (κ3) is 4.43. The smallest absolute Gasteiger partial charge is 0.341 e. The average molecular weight is 412 g/mol. The average Bonchev–Trinajstić information content (AvgIpc) is 3.03. The van der Waals surface area contributed by atoms with Gasteiger partial charge >= 0.3 is 5.97 Å². The normalized spacial score (nSPS) is 10.6. The van der Waals surface area contributed by atoms with Crippen LogP contribution in [0.1, 0.15) is 32.5 Å². The summed E-state index contributed by atoms with van der Waals surface area (Å²) in [7, 11) is 1.51. The number of nitrogens with zero attached hydrogens (tertiary/aromatic N) is 1. The molecular weight excluding hydrogens is 390 g/mol. The summed E-state index contributed by atoms with van der Waals surface area (Å²) in [5.41, 5.74) is 0.703. The molecule has 0 aliphatic heterocycles. The fourth-order valence-electron chi connectivity index (χ4n) is 2.99. The molecule has 0 aliphatic carbocycles. The van der Waals surface area contributed by atoms with Crippen molar-refractivity contribution in [1.29, 1.82) is 0 Å². The number of aromatic nitrogens is 1. The first-order chi connectivity index (χ1) is 13.9. The summed E-state index contributed by atoms with van der Waals surface area (Å²) < 4.78 is 6.87. The minimum atomic E-state index is -0.565. The lowest BCUT2D eigenvalue weighted by Gasteiger charge is -2.06. The van der Waals surface area contributed by atoms with Crippen LogP contribution in [0.4, 0.5) is 5.00 Å². The fraction of sp³-hybridized carbons (Fsp3) is 0.238. The number of rotatable bonds is 6. The van der Waals surface area contributed by atoms with Crippen LogP contribution in [-0.2, 0) is 16.1 Å². The van der Waals surface area contributed by atoms with E-state index in [2.05, 4.69) is 10.6 Å². The number of carbonyl (C=O) groups is 3. The van der Waals surface area contributed by atoms with Crippen LogP contribution in [0.25, 0.3) is 10.8 Å². The Labute approximate surface area is 172 Å². The maximum atomic E-state index is 12.6. The van der Waals surface area contributed by atoms with Crippen molar-refractivity contribution < 1.29 is 23.7 Å². The van der Waals surface area contributed by atoms with Crippen molar-refractivity contribution in [3.63, 3.8) is 0 Å². The van der Waals surface area contributed by atoms with Crippen molar-refractivity contribution in [2.75, 3.05) is 19.0 Å². The van der Waals surface area contributed by atoms with Crippen LogP contribution in [0.15, 0.2) is 42.7 Å². The number of hydrogen-bond donors (Lipinski definition) is 2. The minimum absolute atomic E-state index is 0.0688. The zero-order valence-corrected chi connectivity index (χ0v) is 17.3. The van der Waals surface area contributed by atoms with E-state index in [9.17, 15) is 14.4 Å². The maximum Gasteiger partial charge on any atom is 0.341 e. The van der Waals surface area contributed by atoms with Crippen molar-refractivity contribution >= 4 is 44.9 Å². The van der Waals surface area contributed by atoms with E-state index in [1.807, 2.05) is 42.7 Å². The highest BCUT2D eigenvalue weighted by Gasteiger charge is 2.26. The largest absolute Gasteiger partial charge is 0.462 e. The number of ether oxygens (including phenoxy) is 1. The molecule has 29 heavy (non-hydrogen) atoms. The number of nitrogens with one attached hydrogen (secondary N) is 2. The van der Waals surface area contributed by atoms with Gasteiger partial charge in [-0.3, -0.25) is 9.59 Å². The van der Waals surface area contributed by atoms with Gasteiger partial charge in [-0.15, -0.1) is 11.3 Å². The van der Waals surface area contributed by atoms with E-state index in [4.69, 9.17) is 4.74 Å². The van der Waals surface area contributed by atoms with Gasteiger partial charge in [-0.2, -0.15) is 4.57 Å². The van der Waals surface area contributed by atoms with Gasteiger partial charge in [0.05, 0.1) is 17.0 Å². The van der Waals surface area contributed by atoms with Gasteiger partial charge in [0.1, 0.15) is 5.00 Å². The zero-order valence-electron chi connectivity index (χ0n) is 16.4. The van der Waals surface area contributed by atoms with E-state index >= 15 is 0 Å². The Morgan fingerprint density at radius 1 is 1.14 bits per heavy atom. The second kappa shape index (κ2) is 8.83. The molecule has 0 aliphatic rings. The van der Waals surface area contributed by atoms with E-state index in [1.54, 1.807) is 18.4 Å². The maximum absolute atomic E-state index is 12.6. The Morgan fingerprint density at radius 2 is 1.86 bits per heavy atom. The molecule has 2 amide bonds. The van der Waals surface area contributed by atoms with Crippen LogP contribution < -0.4 is 15.2 Å². The molecule has 3 aromatic rings. The summed E-state index contributed by atoms with van der Waals surface area (Å²) in [6, 6.07) is 9.80. The summed E-state index contributed by atoms with van der Waals surface area (Å²) >= 11 is 1.06. The number of benzene rings is 1. The molecule has 0 saturated heterocycles. The van der Waals surface area contributed by atoms with Gasteiger partial charge in [-0.1, -0.05) is 18.2 Å².